The van der Waals surface area contributed by atoms with E-state index in [4.69, 9.17) is 14.6 Å². The monoisotopic (exact) mass is 178 g/mol. The first-order valence-corrected chi connectivity index (χ1v) is 3.80. The van der Waals surface area contributed by atoms with Gasteiger partial charge in [0.25, 0.3) is 0 Å². The van der Waals surface area contributed by atoms with Crippen LogP contribution in [0.4, 0.5) is 0 Å². The minimum Gasteiger partial charge on any atom is -0.391 e. The van der Waals surface area contributed by atoms with Crippen LogP contribution in [0.25, 0.3) is 0 Å². The van der Waals surface area contributed by atoms with Crippen LogP contribution in [0.2, 0.25) is 0 Å². The van der Waals surface area contributed by atoms with Crippen molar-refractivity contribution in [1.82, 2.24) is 0 Å². The topological polar surface area (TPSA) is 79.2 Å². The Labute approximate surface area is 70.5 Å². The summed E-state index contributed by atoms with van der Waals surface area (Å²) in [5.41, 5.74) is 0. The number of hydrogen-bond donors (Lipinski definition) is 3. The molecule has 1 unspecified atom stereocenters. The van der Waals surface area contributed by atoms with Crippen LogP contribution in [0.3, 0.4) is 0 Å². The molecule has 1 fully saturated rings. The SMILES string of the molecule is COC1O[C@H]([C@@H](C)O)[C@@H](O)[C@H]1O. The Bertz CT molecular complexity index is 149. The molecule has 1 aliphatic rings. The quantitative estimate of drug-likeness (QED) is 0.477. The summed E-state index contributed by atoms with van der Waals surface area (Å²) < 4.78 is 9.76. The van der Waals surface area contributed by atoms with Crippen molar-refractivity contribution in [2.45, 2.75) is 37.6 Å². The van der Waals surface area contributed by atoms with E-state index in [1.165, 1.54) is 14.0 Å². The van der Waals surface area contributed by atoms with Gasteiger partial charge in [0.1, 0.15) is 18.3 Å². The molecule has 0 aliphatic carbocycles. The van der Waals surface area contributed by atoms with Crippen molar-refractivity contribution in [1.29, 1.82) is 0 Å². The Morgan fingerprint density at radius 3 is 2.17 bits per heavy atom. The molecule has 1 rings (SSSR count). The first kappa shape index (κ1) is 9.88. The van der Waals surface area contributed by atoms with Crippen molar-refractivity contribution in [2.75, 3.05) is 7.11 Å². The summed E-state index contributed by atoms with van der Waals surface area (Å²) in [6.07, 6.45) is -4.62. The van der Waals surface area contributed by atoms with Gasteiger partial charge in [-0.1, -0.05) is 0 Å². The lowest BCUT2D eigenvalue weighted by Crippen LogP contribution is -2.37. The van der Waals surface area contributed by atoms with Gasteiger partial charge in [0.15, 0.2) is 6.29 Å². The average molecular weight is 178 g/mol. The molecular weight excluding hydrogens is 164 g/mol. The van der Waals surface area contributed by atoms with Gasteiger partial charge in [0.05, 0.1) is 6.10 Å². The Kier molecular flexibility index (Phi) is 3.03. The van der Waals surface area contributed by atoms with Gasteiger partial charge in [-0.15, -0.1) is 0 Å². The molecule has 0 spiro atoms. The van der Waals surface area contributed by atoms with Gasteiger partial charge >= 0.3 is 0 Å². The summed E-state index contributed by atoms with van der Waals surface area (Å²) in [7, 11) is 1.37. The van der Waals surface area contributed by atoms with Gasteiger partial charge < -0.3 is 24.8 Å². The van der Waals surface area contributed by atoms with Crippen molar-refractivity contribution in [3.63, 3.8) is 0 Å². The summed E-state index contributed by atoms with van der Waals surface area (Å²) in [6, 6.07) is 0. The molecule has 5 atom stereocenters. The molecule has 1 saturated heterocycles. The predicted molar refractivity (Wildman–Crippen MR) is 39.4 cm³/mol. The second-order valence-electron chi connectivity index (χ2n) is 2.93. The summed E-state index contributed by atoms with van der Waals surface area (Å²) in [4.78, 5) is 0. The fraction of sp³-hybridized carbons (Fsp3) is 1.00. The molecule has 0 amide bonds. The summed E-state index contributed by atoms with van der Waals surface area (Å²) in [5, 5.41) is 27.7. The van der Waals surface area contributed by atoms with Crippen molar-refractivity contribution in [3.05, 3.63) is 0 Å². The molecule has 12 heavy (non-hydrogen) atoms. The fourth-order valence-corrected chi connectivity index (χ4v) is 1.27. The van der Waals surface area contributed by atoms with E-state index in [9.17, 15) is 10.2 Å². The van der Waals surface area contributed by atoms with Crippen LogP contribution < -0.4 is 0 Å². The molecular formula is C7H14O5. The minimum atomic E-state index is -1.09. The maximum Gasteiger partial charge on any atom is 0.186 e. The van der Waals surface area contributed by atoms with E-state index in [1.807, 2.05) is 0 Å². The molecule has 0 aromatic heterocycles. The van der Waals surface area contributed by atoms with Crippen molar-refractivity contribution in [2.24, 2.45) is 0 Å². The third-order valence-corrected chi connectivity index (χ3v) is 1.96. The summed E-state index contributed by atoms with van der Waals surface area (Å²) in [6.45, 7) is 1.48. The highest BCUT2D eigenvalue weighted by Crippen LogP contribution is 2.23. The van der Waals surface area contributed by atoms with E-state index in [-0.39, 0.29) is 0 Å². The zero-order valence-electron chi connectivity index (χ0n) is 7.04. The molecule has 0 aromatic rings. The lowest BCUT2D eigenvalue weighted by molar-refractivity contribution is -0.161. The summed E-state index contributed by atoms with van der Waals surface area (Å²) >= 11 is 0. The maximum absolute atomic E-state index is 9.31. The van der Waals surface area contributed by atoms with Crippen LogP contribution in [0.15, 0.2) is 0 Å². The van der Waals surface area contributed by atoms with E-state index < -0.39 is 30.7 Å². The van der Waals surface area contributed by atoms with Gasteiger partial charge in [-0.05, 0) is 6.92 Å². The minimum absolute atomic E-state index is 0.773. The van der Waals surface area contributed by atoms with Gasteiger partial charge in [-0.25, -0.2) is 0 Å². The van der Waals surface area contributed by atoms with Gasteiger partial charge in [0, 0.05) is 7.11 Å². The molecule has 1 heterocycles. The van der Waals surface area contributed by atoms with Crippen molar-refractivity contribution < 1.29 is 24.8 Å². The standard InChI is InChI=1S/C7H14O5/c1-3(8)6-4(9)5(10)7(11-2)12-6/h3-10H,1-2H3/t3-,4+,5-,6-,7?/m1/s1. The average Bonchev–Trinajstić information content (AvgIpc) is 2.30. The van der Waals surface area contributed by atoms with Crippen LogP contribution in [0, 0.1) is 0 Å². The van der Waals surface area contributed by atoms with E-state index in [2.05, 4.69) is 0 Å². The van der Waals surface area contributed by atoms with E-state index in [1.54, 1.807) is 0 Å². The number of rotatable bonds is 2. The van der Waals surface area contributed by atoms with Crippen molar-refractivity contribution in [3.8, 4) is 0 Å². The number of ether oxygens (including phenoxy) is 2. The Hall–Kier alpha value is -0.200. The third-order valence-electron chi connectivity index (χ3n) is 1.96. The van der Waals surface area contributed by atoms with Crippen LogP contribution in [-0.4, -0.2) is 53.1 Å². The molecule has 3 N–H and O–H groups in total. The number of methoxy groups -OCH3 is 1. The second-order valence-corrected chi connectivity index (χ2v) is 2.93. The maximum atomic E-state index is 9.31. The van der Waals surface area contributed by atoms with E-state index in [0.29, 0.717) is 0 Å². The molecule has 72 valence electrons. The first-order chi connectivity index (χ1) is 5.57. The van der Waals surface area contributed by atoms with Gasteiger partial charge in [0.2, 0.25) is 0 Å². The van der Waals surface area contributed by atoms with Crippen LogP contribution in [0.1, 0.15) is 6.92 Å². The molecule has 5 heteroatoms. The van der Waals surface area contributed by atoms with Gasteiger partial charge in [-0.2, -0.15) is 0 Å². The molecule has 1 aliphatic heterocycles. The van der Waals surface area contributed by atoms with Crippen LogP contribution >= 0.6 is 0 Å². The Morgan fingerprint density at radius 2 is 1.92 bits per heavy atom. The number of aliphatic hydroxyl groups excluding tert-OH is 3. The lowest BCUT2D eigenvalue weighted by atomic mass is 10.1. The summed E-state index contributed by atoms with van der Waals surface area (Å²) in [5.74, 6) is 0. The van der Waals surface area contributed by atoms with E-state index in [0.717, 1.165) is 0 Å². The highest BCUT2D eigenvalue weighted by atomic mass is 16.7. The molecule has 0 aromatic carbocycles. The Balaban J connectivity index is 2.60. The van der Waals surface area contributed by atoms with Crippen molar-refractivity contribution >= 4 is 0 Å². The highest BCUT2D eigenvalue weighted by Gasteiger charge is 2.44. The molecule has 0 bridgehead atoms. The number of aliphatic hydroxyl groups is 3. The lowest BCUT2D eigenvalue weighted by Gasteiger charge is -2.16. The first-order valence-electron chi connectivity index (χ1n) is 3.80. The zero-order valence-corrected chi connectivity index (χ0v) is 7.04. The Morgan fingerprint density at radius 1 is 1.33 bits per heavy atom. The highest BCUT2D eigenvalue weighted by molar-refractivity contribution is 4.89. The second kappa shape index (κ2) is 3.68. The smallest absolute Gasteiger partial charge is 0.186 e. The largest absolute Gasteiger partial charge is 0.391 e. The third kappa shape index (κ3) is 1.60. The predicted octanol–water partition coefficient (Wildman–Crippen LogP) is -1.54. The van der Waals surface area contributed by atoms with Crippen LogP contribution in [-0.2, 0) is 9.47 Å². The molecule has 5 nitrogen and oxygen atoms in total. The van der Waals surface area contributed by atoms with Gasteiger partial charge in [-0.3, -0.25) is 0 Å². The molecule has 0 radical (unpaired) electrons. The van der Waals surface area contributed by atoms with Crippen LogP contribution in [0.5, 0.6) is 0 Å². The molecule has 0 saturated carbocycles. The fourth-order valence-electron chi connectivity index (χ4n) is 1.27. The zero-order chi connectivity index (χ0) is 9.30. The normalized spacial score (nSPS) is 44.8. The van der Waals surface area contributed by atoms with E-state index >= 15 is 0 Å². The number of hydrogen-bond acceptors (Lipinski definition) is 5.